The summed E-state index contributed by atoms with van der Waals surface area (Å²) in [6.45, 7) is 0.0494. The van der Waals surface area contributed by atoms with Gasteiger partial charge in [0, 0.05) is 23.2 Å². The molecule has 3 nitrogen and oxygen atoms in total. The lowest BCUT2D eigenvalue weighted by molar-refractivity contribution is -0.116. The summed E-state index contributed by atoms with van der Waals surface area (Å²) in [5, 5.41) is 11.3. The summed E-state index contributed by atoms with van der Waals surface area (Å²) >= 11 is 3.31. The van der Waals surface area contributed by atoms with E-state index in [4.69, 9.17) is 5.11 Å². The fourth-order valence-electron chi connectivity index (χ4n) is 0.996. The van der Waals surface area contributed by atoms with Gasteiger partial charge in [-0.05, 0) is 30.7 Å². The molecule has 0 bridgehead atoms. The fraction of sp³-hybridized carbons (Fsp3) is 0.300. The average Bonchev–Trinajstić information content (AvgIpc) is 2.18. The lowest BCUT2D eigenvalue weighted by Crippen LogP contribution is -2.11. The standard InChI is InChI=1S/C10H12BrNO2/c11-8-3-5-9(6-4-8)12-10(14)2-1-7-13/h3-6,13H,1-2,7H2,(H,12,14). The monoisotopic (exact) mass is 257 g/mol. The molecule has 4 heteroatoms. The van der Waals surface area contributed by atoms with Crippen LogP contribution in [0.5, 0.6) is 0 Å². The number of nitrogens with one attached hydrogen (secondary N) is 1. The second-order valence-electron chi connectivity index (χ2n) is 2.88. The highest BCUT2D eigenvalue weighted by Crippen LogP contribution is 2.14. The third-order valence-electron chi connectivity index (χ3n) is 1.69. The Bertz CT molecular complexity index is 297. The smallest absolute Gasteiger partial charge is 0.224 e. The highest BCUT2D eigenvalue weighted by Gasteiger charge is 2.00. The van der Waals surface area contributed by atoms with Gasteiger partial charge >= 0.3 is 0 Å². The average molecular weight is 258 g/mol. The third-order valence-corrected chi connectivity index (χ3v) is 2.22. The third kappa shape index (κ3) is 3.89. The summed E-state index contributed by atoms with van der Waals surface area (Å²) in [7, 11) is 0. The molecule has 0 unspecified atom stereocenters. The topological polar surface area (TPSA) is 49.3 Å². The van der Waals surface area contributed by atoms with Gasteiger partial charge in [0.05, 0.1) is 0 Å². The van der Waals surface area contributed by atoms with Crippen LogP contribution in [0.1, 0.15) is 12.8 Å². The van der Waals surface area contributed by atoms with Gasteiger partial charge in [-0.2, -0.15) is 0 Å². The first-order chi connectivity index (χ1) is 6.72. The van der Waals surface area contributed by atoms with Crippen LogP contribution >= 0.6 is 15.9 Å². The number of hydrogen-bond donors (Lipinski definition) is 2. The predicted molar refractivity (Wildman–Crippen MR) is 59.1 cm³/mol. The second kappa shape index (κ2) is 5.78. The molecule has 14 heavy (non-hydrogen) atoms. The molecule has 0 saturated carbocycles. The van der Waals surface area contributed by atoms with E-state index in [2.05, 4.69) is 21.2 Å². The Balaban J connectivity index is 2.44. The van der Waals surface area contributed by atoms with Crippen LogP contribution in [0, 0.1) is 0 Å². The van der Waals surface area contributed by atoms with Crippen molar-refractivity contribution in [2.75, 3.05) is 11.9 Å². The van der Waals surface area contributed by atoms with Crippen molar-refractivity contribution in [1.29, 1.82) is 0 Å². The SMILES string of the molecule is O=C(CCCO)Nc1ccc(Br)cc1. The van der Waals surface area contributed by atoms with E-state index in [1.54, 1.807) is 0 Å². The van der Waals surface area contributed by atoms with Crippen LogP contribution in [0.3, 0.4) is 0 Å². The van der Waals surface area contributed by atoms with Crippen molar-refractivity contribution in [3.8, 4) is 0 Å². The number of anilines is 1. The number of benzene rings is 1. The number of amides is 1. The lowest BCUT2D eigenvalue weighted by atomic mass is 10.3. The maximum Gasteiger partial charge on any atom is 0.224 e. The summed E-state index contributed by atoms with van der Waals surface area (Å²) in [4.78, 5) is 11.2. The van der Waals surface area contributed by atoms with E-state index in [-0.39, 0.29) is 12.5 Å². The Morgan fingerprint density at radius 1 is 1.36 bits per heavy atom. The van der Waals surface area contributed by atoms with Gasteiger partial charge in [0.25, 0.3) is 0 Å². The molecule has 0 aliphatic rings. The minimum absolute atomic E-state index is 0.0494. The van der Waals surface area contributed by atoms with Gasteiger partial charge in [0.2, 0.25) is 5.91 Å². The van der Waals surface area contributed by atoms with E-state index in [0.29, 0.717) is 12.8 Å². The zero-order valence-electron chi connectivity index (χ0n) is 7.66. The van der Waals surface area contributed by atoms with Crippen molar-refractivity contribution in [1.82, 2.24) is 0 Å². The van der Waals surface area contributed by atoms with E-state index in [1.807, 2.05) is 24.3 Å². The van der Waals surface area contributed by atoms with Crippen molar-refractivity contribution in [2.45, 2.75) is 12.8 Å². The molecule has 1 amide bonds. The van der Waals surface area contributed by atoms with Crippen LogP contribution < -0.4 is 5.32 Å². The number of aliphatic hydroxyl groups is 1. The molecule has 1 rings (SSSR count). The molecule has 0 saturated heterocycles. The molecule has 0 heterocycles. The zero-order valence-corrected chi connectivity index (χ0v) is 9.25. The van der Waals surface area contributed by atoms with Gasteiger partial charge in [-0.25, -0.2) is 0 Å². The van der Waals surface area contributed by atoms with Crippen LogP contribution in [-0.4, -0.2) is 17.6 Å². The van der Waals surface area contributed by atoms with E-state index in [9.17, 15) is 4.79 Å². The van der Waals surface area contributed by atoms with E-state index in [1.165, 1.54) is 0 Å². The first-order valence-corrected chi connectivity index (χ1v) is 5.18. The summed E-state index contributed by atoms with van der Waals surface area (Å²) in [6.07, 6.45) is 0.856. The summed E-state index contributed by atoms with van der Waals surface area (Å²) in [5.41, 5.74) is 0.774. The number of hydrogen-bond acceptors (Lipinski definition) is 2. The van der Waals surface area contributed by atoms with Crippen LogP contribution in [0.4, 0.5) is 5.69 Å². The number of rotatable bonds is 4. The first kappa shape index (κ1) is 11.2. The maximum absolute atomic E-state index is 11.2. The molecule has 1 aromatic carbocycles. The quantitative estimate of drug-likeness (QED) is 0.869. The molecule has 76 valence electrons. The molecular weight excluding hydrogens is 246 g/mol. The molecule has 0 aliphatic heterocycles. The van der Waals surface area contributed by atoms with Gasteiger partial charge < -0.3 is 10.4 Å². The van der Waals surface area contributed by atoms with E-state index in [0.717, 1.165) is 10.2 Å². The largest absolute Gasteiger partial charge is 0.396 e. The predicted octanol–water partition coefficient (Wildman–Crippen LogP) is 2.16. The van der Waals surface area contributed by atoms with Crippen LogP contribution in [0.25, 0.3) is 0 Å². The van der Waals surface area contributed by atoms with Gasteiger partial charge in [-0.3, -0.25) is 4.79 Å². The maximum atomic E-state index is 11.2. The molecule has 2 N–H and O–H groups in total. The summed E-state index contributed by atoms with van der Waals surface area (Å²) in [6, 6.07) is 7.37. The van der Waals surface area contributed by atoms with Crippen molar-refractivity contribution in [3.63, 3.8) is 0 Å². The number of aliphatic hydroxyl groups excluding tert-OH is 1. The molecule has 0 radical (unpaired) electrons. The Morgan fingerprint density at radius 3 is 2.57 bits per heavy atom. The Kier molecular flexibility index (Phi) is 4.62. The Morgan fingerprint density at radius 2 is 2.00 bits per heavy atom. The van der Waals surface area contributed by atoms with E-state index < -0.39 is 0 Å². The van der Waals surface area contributed by atoms with Crippen molar-refractivity contribution in [3.05, 3.63) is 28.7 Å². The second-order valence-corrected chi connectivity index (χ2v) is 3.80. The Labute approximate surface area is 91.3 Å². The summed E-state index contributed by atoms with van der Waals surface area (Å²) < 4.78 is 0.978. The number of carbonyl (C=O) groups excluding carboxylic acids is 1. The fourth-order valence-corrected chi connectivity index (χ4v) is 1.26. The molecule has 0 fully saturated rings. The number of halogens is 1. The van der Waals surface area contributed by atoms with Crippen LogP contribution in [-0.2, 0) is 4.79 Å². The molecule has 1 aromatic rings. The van der Waals surface area contributed by atoms with Gasteiger partial charge in [-0.1, -0.05) is 15.9 Å². The minimum atomic E-state index is -0.0682. The van der Waals surface area contributed by atoms with Gasteiger partial charge in [0.15, 0.2) is 0 Å². The van der Waals surface area contributed by atoms with Crippen molar-refractivity contribution in [2.24, 2.45) is 0 Å². The normalized spacial score (nSPS) is 9.86. The van der Waals surface area contributed by atoms with Crippen LogP contribution in [0.15, 0.2) is 28.7 Å². The highest BCUT2D eigenvalue weighted by atomic mass is 79.9. The van der Waals surface area contributed by atoms with Crippen LogP contribution in [0.2, 0.25) is 0 Å². The van der Waals surface area contributed by atoms with Gasteiger partial charge in [-0.15, -0.1) is 0 Å². The van der Waals surface area contributed by atoms with Crippen molar-refractivity contribution >= 4 is 27.5 Å². The molecule has 0 aliphatic carbocycles. The molecule has 0 atom stereocenters. The highest BCUT2D eigenvalue weighted by molar-refractivity contribution is 9.10. The minimum Gasteiger partial charge on any atom is -0.396 e. The van der Waals surface area contributed by atoms with Gasteiger partial charge in [0.1, 0.15) is 0 Å². The summed E-state index contributed by atoms with van der Waals surface area (Å²) in [5.74, 6) is -0.0682. The first-order valence-electron chi connectivity index (χ1n) is 4.38. The zero-order chi connectivity index (χ0) is 10.4. The Hall–Kier alpha value is -0.870. The molecule has 0 aromatic heterocycles. The number of carbonyl (C=O) groups is 1. The molecular formula is C10H12BrNO2. The van der Waals surface area contributed by atoms with Crippen molar-refractivity contribution < 1.29 is 9.90 Å². The molecule has 0 spiro atoms. The van der Waals surface area contributed by atoms with E-state index >= 15 is 0 Å². The lowest BCUT2D eigenvalue weighted by Gasteiger charge is -2.03.